The van der Waals surface area contributed by atoms with E-state index in [1.165, 1.54) is 35.3 Å². The Kier molecular flexibility index (Phi) is 4.51. The second-order valence-corrected chi connectivity index (χ2v) is 6.58. The van der Waals surface area contributed by atoms with Crippen molar-refractivity contribution in [1.82, 2.24) is 20.2 Å². The Bertz CT molecular complexity index is 716. The fraction of sp³-hybridized carbons (Fsp3) is 0.400. The summed E-state index contributed by atoms with van der Waals surface area (Å²) in [4.78, 5) is 11.9. The van der Waals surface area contributed by atoms with Crippen molar-refractivity contribution in [3.05, 3.63) is 30.1 Å². The lowest BCUT2D eigenvalue weighted by Gasteiger charge is -2.12. The molecule has 0 spiro atoms. The fourth-order valence-corrected chi connectivity index (χ4v) is 3.01. The molecule has 1 aromatic heterocycles. The van der Waals surface area contributed by atoms with E-state index in [9.17, 15) is 9.18 Å². The van der Waals surface area contributed by atoms with E-state index < -0.39 is 5.82 Å². The maximum atomic E-state index is 13.8. The van der Waals surface area contributed by atoms with Crippen LogP contribution in [0.25, 0.3) is 11.4 Å². The van der Waals surface area contributed by atoms with Crippen molar-refractivity contribution in [2.45, 2.75) is 31.0 Å². The molecule has 6 nitrogen and oxygen atoms in total. The van der Waals surface area contributed by atoms with E-state index >= 15 is 0 Å². The summed E-state index contributed by atoms with van der Waals surface area (Å²) in [6.45, 7) is 2.02. The van der Waals surface area contributed by atoms with Crippen molar-refractivity contribution in [2.75, 3.05) is 11.6 Å². The summed E-state index contributed by atoms with van der Waals surface area (Å²) in [7, 11) is 0. The largest absolute Gasteiger partial charge is 0.353 e. The van der Waals surface area contributed by atoms with Gasteiger partial charge in [-0.3, -0.25) is 4.79 Å². The molecule has 8 heteroatoms. The molecule has 0 aliphatic heterocycles. The number of halogens is 1. The zero-order chi connectivity index (χ0) is 16.4. The first-order chi connectivity index (χ1) is 11.1. The Hall–Kier alpha value is -2.09. The molecule has 1 aliphatic carbocycles. The highest BCUT2D eigenvalue weighted by molar-refractivity contribution is 7.99. The highest BCUT2D eigenvalue weighted by atomic mass is 32.2. The molecule has 1 aromatic carbocycles. The summed E-state index contributed by atoms with van der Waals surface area (Å²) >= 11 is 1.18. The maximum Gasteiger partial charge on any atom is 0.230 e. The topological polar surface area (TPSA) is 85.8 Å². The first kappa shape index (κ1) is 15.8. The standard InChI is InChI=1S/C15H18FN5OS/c1-9(10-6-7-10)18-13(22)8-23-15-20-19-14(21(15)17)11-4-2-3-5-12(11)16/h2-5,9-10H,6-8,17H2,1H3,(H,18,22)/t9-/m0/s1. The average molecular weight is 335 g/mol. The summed E-state index contributed by atoms with van der Waals surface area (Å²) < 4.78 is 15.0. The molecule has 23 heavy (non-hydrogen) atoms. The van der Waals surface area contributed by atoms with E-state index in [2.05, 4.69) is 15.5 Å². The van der Waals surface area contributed by atoms with Crippen molar-refractivity contribution in [3.63, 3.8) is 0 Å². The zero-order valence-corrected chi connectivity index (χ0v) is 13.5. The molecule has 1 amide bonds. The van der Waals surface area contributed by atoms with Gasteiger partial charge in [-0.15, -0.1) is 10.2 Å². The third-order valence-corrected chi connectivity index (χ3v) is 4.77. The van der Waals surface area contributed by atoms with Crippen LogP contribution in [0, 0.1) is 11.7 Å². The minimum absolute atomic E-state index is 0.0650. The van der Waals surface area contributed by atoms with Crippen LogP contribution in [0.4, 0.5) is 4.39 Å². The Morgan fingerprint density at radius 3 is 2.91 bits per heavy atom. The molecule has 0 saturated heterocycles. The third kappa shape index (κ3) is 3.64. The van der Waals surface area contributed by atoms with Crippen LogP contribution in [-0.4, -0.2) is 32.6 Å². The van der Waals surface area contributed by atoms with Crippen molar-refractivity contribution >= 4 is 17.7 Å². The molecule has 1 atom stereocenters. The van der Waals surface area contributed by atoms with Crippen LogP contribution in [0.2, 0.25) is 0 Å². The molecule has 1 aliphatic rings. The molecule has 1 fully saturated rings. The van der Waals surface area contributed by atoms with Gasteiger partial charge in [-0.05, 0) is 37.8 Å². The van der Waals surface area contributed by atoms with Crippen LogP contribution in [-0.2, 0) is 4.79 Å². The number of rotatable bonds is 6. The smallest absolute Gasteiger partial charge is 0.230 e. The molecule has 3 rings (SSSR count). The Morgan fingerprint density at radius 2 is 2.22 bits per heavy atom. The van der Waals surface area contributed by atoms with Crippen LogP contribution in [0.1, 0.15) is 19.8 Å². The number of hydrogen-bond donors (Lipinski definition) is 2. The number of nitrogens with two attached hydrogens (primary N) is 1. The van der Waals surface area contributed by atoms with Gasteiger partial charge in [0, 0.05) is 6.04 Å². The molecule has 1 saturated carbocycles. The van der Waals surface area contributed by atoms with Gasteiger partial charge >= 0.3 is 0 Å². The SMILES string of the molecule is C[C@H](NC(=O)CSc1nnc(-c2ccccc2F)n1N)C1CC1. The lowest BCUT2D eigenvalue weighted by Crippen LogP contribution is -2.35. The summed E-state index contributed by atoms with van der Waals surface area (Å²) in [5.74, 6) is 6.48. The van der Waals surface area contributed by atoms with Crippen LogP contribution in [0.5, 0.6) is 0 Å². The van der Waals surface area contributed by atoms with E-state index in [1.54, 1.807) is 18.2 Å². The molecule has 122 valence electrons. The summed E-state index contributed by atoms with van der Waals surface area (Å²) in [6, 6.07) is 6.42. The summed E-state index contributed by atoms with van der Waals surface area (Å²) in [6.07, 6.45) is 2.36. The monoisotopic (exact) mass is 335 g/mol. The van der Waals surface area contributed by atoms with Crippen LogP contribution < -0.4 is 11.2 Å². The minimum Gasteiger partial charge on any atom is -0.353 e. The fourth-order valence-electron chi connectivity index (χ4n) is 2.34. The molecular weight excluding hydrogens is 317 g/mol. The van der Waals surface area contributed by atoms with Crippen molar-refractivity contribution in [1.29, 1.82) is 0 Å². The number of nitrogens with zero attached hydrogens (tertiary/aromatic N) is 3. The van der Waals surface area contributed by atoms with Gasteiger partial charge in [0.1, 0.15) is 5.82 Å². The van der Waals surface area contributed by atoms with Crippen molar-refractivity contribution in [2.24, 2.45) is 5.92 Å². The number of benzene rings is 1. The molecule has 0 bridgehead atoms. The average Bonchev–Trinajstić information content (AvgIpc) is 3.31. The molecule has 3 N–H and O–H groups in total. The van der Waals surface area contributed by atoms with Gasteiger partial charge < -0.3 is 11.2 Å². The van der Waals surface area contributed by atoms with E-state index in [4.69, 9.17) is 5.84 Å². The van der Waals surface area contributed by atoms with Gasteiger partial charge in [-0.2, -0.15) is 0 Å². The number of carbonyl (C=O) groups excluding carboxylic acids is 1. The normalized spacial score (nSPS) is 15.4. The number of nitrogens with one attached hydrogen (secondary N) is 1. The highest BCUT2D eigenvalue weighted by Crippen LogP contribution is 2.32. The van der Waals surface area contributed by atoms with Crippen molar-refractivity contribution < 1.29 is 9.18 Å². The van der Waals surface area contributed by atoms with Gasteiger partial charge in [-0.1, -0.05) is 23.9 Å². The van der Waals surface area contributed by atoms with E-state index in [0.29, 0.717) is 11.1 Å². The lowest BCUT2D eigenvalue weighted by atomic mass is 10.2. The van der Waals surface area contributed by atoms with E-state index in [-0.39, 0.29) is 29.1 Å². The first-order valence-corrected chi connectivity index (χ1v) is 8.42. The van der Waals surface area contributed by atoms with E-state index in [0.717, 1.165) is 0 Å². The van der Waals surface area contributed by atoms with Crippen LogP contribution in [0.15, 0.2) is 29.4 Å². The molecule has 0 radical (unpaired) electrons. The van der Waals surface area contributed by atoms with Crippen LogP contribution in [0.3, 0.4) is 0 Å². The molecule has 2 aromatic rings. The number of amides is 1. The zero-order valence-electron chi connectivity index (χ0n) is 12.7. The Morgan fingerprint density at radius 1 is 1.48 bits per heavy atom. The van der Waals surface area contributed by atoms with Gasteiger partial charge in [0.15, 0.2) is 5.82 Å². The van der Waals surface area contributed by atoms with Gasteiger partial charge in [0.05, 0.1) is 11.3 Å². The number of aromatic nitrogens is 3. The second kappa shape index (κ2) is 6.57. The molecule has 0 unspecified atom stereocenters. The van der Waals surface area contributed by atoms with E-state index in [1.807, 2.05) is 6.92 Å². The maximum absolute atomic E-state index is 13.8. The summed E-state index contributed by atoms with van der Waals surface area (Å²) in [5, 5.41) is 11.2. The quantitative estimate of drug-likeness (QED) is 0.621. The Balaban J connectivity index is 1.63. The molecular formula is C15H18FN5OS. The second-order valence-electron chi connectivity index (χ2n) is 5.64. The highest BCUT2D eigenvalue weighted by Gasteiger charge is 2.28. The van der Waals surface area contributed by atoms with Gasteiger partial charge in [-0.25, -0.2) is 9.07 Å². The minimum atomic E-state index is -0.417. The van der Waals surface area contributed by atoms with Gasteiger partial charge in [0.25, 0.3) is 0 Å². The predicted octanol–water partition coefficient (Wildman–Crippen LogP) is 1.80. The van der Waals surface area contributed by atoms with Crippen LogP contribution >= 0.6 is 11.8 Å². The number of thioether (sulfide) groups is 1. The Labute approximate surface area is 137 Å². The number of nitrogen functional groups attached to an aromatic ring is 1. The number of carbonyl (C=O) groups is 1. The third-order valence-electron chi connectivity index (χ3n) is 3.83. The number of hydrogen-bond acceptors (Lipinski definition) is 5. The predicted molar refractivity (Wildman–Crippen MR) is 86.6 cm³/mol. The molecule has 1 heterocycles. The first-order valence-electron chi connectivity index (χ1n) is 7.44. The van der Waals surface area contributed by atoms with Crippen molar-refractivity contribution in [3.8, 4) is 11.4 Å². The lowest BCUT2D eigenvalue weighted by molar-refractivity contribution is -0.119. The van der Waals surface area contributed by atoms with Gasteiger partial charge in [0.2, 0.25) is 11.1 Å². The summed E-state index contributed by atoms with van der Waals surface area (Å²) in [5.41, 5.74) is 0.279.